The Balaban J connectivity index is 1.47. The SMILES string of the molecule is Cc1ccc2cc3n(c2c1)C[C@](C(=O)NC1CCCCCCC1)(c1ccccc1)N(CCc1ccc(Cl)cc1)C3=O. The molecule has 2 amide bonds. The number of nitrogens with one attached hydrogen (secondary N) is 1. The van der Waals surface area contributed by atoms with Crippen LogP contribution in [0.25, 0.3) is 10.9 Å². The number of aryl methyl sites for hydroxylation is 1. The molecule has 1 saturated carbocycles. The highest BCUT2D eigenvalue weighted by Gasteiger charge is 2.52. The maximum atomic E-state index is 14.8. The molecule has 1 aliphatic carbocycles. The maximum Gasteiger partial charge on any atom is 0.271 e. The van der Waals surface area contributed by atoms with Crippen molar-refractivity contribution in [1.29, 1.82) is 0 Å². The summed E-state index contributed by atoms with van der Waals surface area (Å²) in [5.41, 5.74) is 3.48. The van der Waals surface area contributed by atoms with Crippen LogP contribution in [-0.2, 0) is 23.3 Å². The van der Waals surface area contributed by atoms with E-state index in [1.54, 1.807) is 0 Å². The average Bonchev–Trinajstić information content (AvgIpc) is 3.32. The molecule has 0 radical (unpaired) electrons. The van der Waals surface area contributed by atoms with Gasteiger partial charge in [0.1, 0.15) is 5.69 Å². The summed E-state index contributed by atoms with van der Waals surface area (Å²) in [7, 11) is 0. The molecule has 1 aromatic heterocycles. The molecule has 6 rings (SSSR count). The Hall–Kier alpha value is -3.57. The third-order valence-corrected chi connectivity index (χ3v) is 9.23. The summed E-state index contributed by atoms with van der Waals surface area (Å²) in [6.45, 7) is 2.84. The molecular weight excluding hydrogens is 530 g/mol. The second kappa shape index (κ2) is 11.7. The summed E-state index contributed by atoms with van der Waals surface area (Å²) >= 11 is 6.15. The van der Waals surface area contributed by atoms with Crippen LogP contribution in [-0.4, -0.2) is 33.9 Å². The lowest BCUT2D eigenvalue weighted by Gasteiger charge is -2.47. The molecule has 0 saturated heterocycles. The number of rotatable bonds is 6. The summed E-state index contributed by atoms with van der Waals surface area (Å²) < 4.78 is 2.08. The lowest BCUT2D eigenvalue weighted by molar-refractivity contribution is -0.135. The normalized spacial score (nSPS) is 20.0. The first-order valence-corrected chi connectivity index (χ1v) is 15.4. The molecule has 5 nitrogen and oxygen atoms in total. The molecule has 0 spiro atoms. The van der Waals surface area contributed by atoms with Gasteiger partial charge in [-0.3, -0.25) is 9.59 Å². The number of halogens is 1. The highest BCUT2D eigenvalue weighted by Crippen LogP contribution is 2.40. The second-order valence-electron chi connectivity index (χ2n) is 11.8. The number of hydrogen-bond donors (Lipinski definition) is 1. The third-order valence-electron chi connectivity index (χ3n) is 8.98. The topological polar surface area (TPSA) is 54.3 Å². The zero-order valence-corrected chi connectivity index (χ0v) is 24.5. The number of aromatic nitrogens is 1. The smallest absolute Gasteiger partial charge is 0.271 e. The van der Waals surface area contributed by atoms with Gasteiger partial charge in [-0.25, -0.2) is 0 Å². The van der Waals surface area contributed by atoms with Crippen molar-refractivity contribution in [2.24, 2.45) is 0 Å². The van der Waals surface area contributed by atoms with Crippen LogP contribution in [0.1, 0.15) is 72.1 Å². The van der Waals surface area contributed by atoms with Crippen molar-refractivity contribution in [1.82, 2.24) is 14.8 Å². The molecule has 4 aromatic rings. The maximum absolute atomic E-state index is 14.8. The van der Waals surface area contributed by atoms with Crippen LogP contribution in [0.5, 0.6) is 0 Å². The van der Waals surface area contributed by atoms with E-state index in [9.17, 15) is 9.59 Å². The van der Waals surface area contributed by atoms with Gasteiger partial charge in [-0.2, -0.15) is 0 Å². The Morgan fingerprint density at radius 1 is 0.927 bits per heavy atom. The van der Waals surface area contributed by atoms with E-state index < -0.39 is 5.54 Å². The first kappa shape index (κ1) is 27.6. The number of benzene rings is 3. The van der Waals surface area contributed by atoms with E-state index >= 15 is 0 Å². The van der Waals surface area contributed by atoms with Gasteiger partial charge in [0.2, 0.25) is 0 Å². The molecule has 1 atom stereocenters. The molecule has 0 unspecified atom stereocenters. The molecular formula is C35H38ClN3O2. The molecule has 0 bridgehead atoms. The summed E-state index contributed by atoms with van der Waals surface area (Å²) in [6.07, 6.45) is 8.50. The number of hydrogen-bond acceptors (Lipinski definition) is 2. The zero-order valence-electron chi connectivity index (χ0n) is 23.7. The van der Waals surface area contributed by atoms with Crippen LogP contribution in [0.2, 0.25) is 5.02 Å². The number of nitrogens with zero attached hydrogens (tertiary/aromatic N) is 2. The minimum atomic E-state index is -1.18. The first-order chi connectivity index (χ1) is 20.0. The average molecular weight is 568 g/mol. The van der Waals surface area contributed by atoms with Gasteiger partial charge < -0.3 is 14.8 Å². The van der Waals surface area contributed by atoms with Crippen LogP contribution in [0.4, 0.5) is 0 Å². The predicted octanol–water partition coefficient (Wildman–Crippen LogP) is 7.43. The molecule has 41 heavy (non-hydrogen) atoms. The van der Waals surface area contributed by atoms with E-state index in [1.807, 2.05) is 65.6 Å². The van der Waals surface area contributed by atoms with Crippen LogP contribution >= 0.6 is 11.6 Å². The van der Waals surface area contributed by atoms with Crippen molar-refractivity contribution in [3.63, 3.8) is 0 Å². The number of carbonyl (C=O) groups is 2. The van der Waals surface area contributed by atoms with Crippen LogP contribution in [0, 0.1) is 6.92 Å². The van der Waals surface area contributed by atoms with E-state index in [1.165, 1.54) is 19.3 Å². The van der Waals surface area contributed by atoms with Crippen LogP contribution in [0.3, 0.4) is 0 Å². The van der Waals surface area contributed by atoms with Crippen molar-refractivity contribution >= 4 is 34.3 Å². The van der Waals surface area contributed by atoms with Crippen LogP contribution < -0.4 is 5.32 Å². The van der Waals surface area contributed by atoms with Gasteiger partial charge in [-0.1, -0.05) is 98.3 Å². The van der Waals surface area contributed by atoms with Gasteiger partial charge in [0, 0.05) is 28.5 Å². The zero-order chi connectivity index (χ0) is 28.4. The van der Waals surface area contributed by atoms with Crippen molar-refractivity contribution in [3.8, 4) is 0 Å². The van der Waals surface area contributed by atoms with Crippen molar-refractivity contribution in [3.05, 3.63) is 106 Å². The predicted molar refractivity (Wildman–Crippen MR) is 165 cm³/mol. The molecule has 3 aromatic carbocycles. The Labute approximate surface area is 247 Å². The van der Waals surface area contributed by atoms with Crippen molar-refractivity contribution in [2.45, 2.75) is 76.4 Å². The van der Waals surface area contributed by atoms with Crippen molar-refractivity contribution in [2.75, 3.05) is 6.54 Å². The van der Waals surface area contributed by atoms with E-state index in [0.717, 1.165) is 53.3 Å². The van der Waals surface area contributed by atoms with E-state index in [4.69, 9.17) is 11.6 Å². The fraction of sp³-hybridized carbons (Fsp3) is 0.371. The Morgan fingerprint density at radius 3 is 2.37 bits per heavy atom. The fourth-order valence-electron chi connectivity index (χ4n) is 6.71. The molecule has 6 heteroatoms. The number of amides is 2. The lowest BCUT2D eigenvalue weighted by atomic mass is 9.83. The van der Waals surface area contributed by atoms with Gasteiger partial charge in [0.15, 0.2) is 5.54 Å². The van der Waals surface area contributed by atoms with E-state index in [0.29, 0.717) is 30.2 Å². The number of carbonyl (C=O) groups excluding carboxylic acids is 2. The summed E-state index contributed by atoms with van der Waals surface area (Å²) in [5.74, 6) is -0.199. The molecule has 1 N–H and O–H groups in total. The van der Waals surface area contributed by atoms with E-state index in [2.05, 4.69) is 35.0 Å². The monoisotopic (exact) mass is 567 g/mol. The van der Waals surface area contributed by atoms with Gasteiger partial charge in [0.05, 0.1) is 6.54 Å². The van der Waals surface area contributed by atoms with E-state index in [-0.39, 0.29) is 17.9 Å². The lowest BCUT2D eigenvalue weighted by Crippen LogP contribution is -2.64. The Bertz CT molecular complexity index is 1540. The Kier molecular flexibility index (Phi) is 7.90. The molecule has 1 aliphatic heterocycles. The highest BCUT2D eigenvalue weighted by molar-refractivity contribution is 6.30. The minimum absolute atomic E-state index is 0.0844. The molecule has 2 heterocycles. The summed E-state index contributed by atoms with van der Waals surface area (Å²) in [5, 5.41) is 5.17. The number of fused-ring (bicyclic) bond motifs is 3. The van der Waals surface area contributed by atoms with Crippen molar-refractivity contribution < 1.29 is 9.59 Å². The molecule has 2 aliphatic rings. The molecule has 1 fully saturated rings. The van der Waals surface area contributed by atoms with Crippen LogP contribution in [0.15, 0.2) is 78.9 Å². The summed E-state index contributed by atoms with van der Waals surface area (Å²) in [4.78, 5) is 31.2. The van der Waals surface area contributed by atoms with Gasteiger partial charge in [-0.05, 0) is 67.1 Å². The summed E-state index contributed by atoms with van der Waals surface area (Å²) in [6, 6.07) is 26.0. The Morgan fingerprint density at radius 2 is 1.63 bits per heavy atom. The highest BCUT2D eigenvalue weighted by atomic mass is 35.5. The third kappa shape index (κ3) is 5.40. The van der Waals surface area contributed by atoms with Gasteiger partial charge in [-0.15, -0.1) is 0 Å². The standard InChI is InChI=1S/C35H38ClN3O2/c1-25-14-17-27-23-32-33(40)39(21-20-26-15-18-29(36)19-16-26)35(24-38(32)31(27)22-25,28-10-6-5-7-11-28)34(41)37-30-12-8-3-2-4-9-13-30/h5-7,10-11,14-19,22-23,30H,2-4,8-9,12-13,20-21,24H2,1H3,(H,37,41)/t35-/m1/s1. The minimum Gasteiger partial charge on any atom is -0.351 e. The largest absolute Gasteiger partial charge is 0.351 e. The quantitative estimate of drug-likeness (QED) is 0.263. The van der Waals surface area contributed by atoms with Gasteiger partial charge in [0.25, 0.3) is 11.8 Å². The second-order valence-corrected chi connectivity index (χ2v) is 12.2. The van der Waals surface area contributed by atoms with Gasteiger partial charge >= 0.3 is 0 Å². The fourth-order valence-corrected chi connectivity index (χ4v) is 6.84. The molecule has 212 valence electrons. The first-order valence-electron chi connectivity index (χ1n) is 15.0.